The van der Waals surface area contributed by atoms with Crippen molar-refractivity contribution in [1.82, 2.24) is 88.5 Å². The molecule has 2 aromatic carbocycles. The highest BCUT2D eigenvalue weighted by Gasteiger charge is 2.35. The zero-order valence-electron chi connectivity index (χ0n) is 67.9. The first kappa shape index (κ1) is 88.3. The second-order valence-electron chi connectivity index (χ2n) is 28.5. The van der Waals surface area contributed by atoms with Gasteiger partial charge in [-0.05, 0) is 75.3 Å². The molecule has 0 aliphatic carbocycles. The smallest absolute Gasteiger partial charge is 0.291 e. The average molecular weight is 1670 g/mol. The van der Waals surface area contributed by atoms with Crippen molar-refractivity contribution in [3.05, 3.63) is 148 Å². The van der Waals surface area contributed by atoms with Crippen molar-refractivity contribution < 1.29 is 76.3 Å². The third kappa shape index (κ3) is 25.2. The molecule has 8 N–H and O–H groups in total. The number of nitrogens with zero attached hydrogens (tertiary/aromatic N) is 15. The number of aromatic nitrogens is 11. The van der Waals surface area contributed by atoms with Crippen molar-refractivity contribution in [3.63, 3.8) is 0 Å². The van der Waals surface area contributed by atoms with Crippen LogP contribution in [-0.4, -0.2) is 291 Å². The van der Waals surface area contributed by atoms with Gasteiger partial charge in [0.25, 0.3) is 29.5 Å². The molecule has 9 amide bonds. The fourth-order valence-electron chi connectivity index (χ4n) is 13.8. The summed E-state index contributed by atoms with van der Waals surface area (Å²) >= 11 is 6.30. The van der Waals surface area contributed by atoms with Crippen LogP contribution in [0.1, 0.15) is 120 Å². The number of anilines is 4. The number of hydrogen-bond acceptors (Lipinski definition) is 24. The number of carbonyl (C=O) groups excluding carboxylic acids is 9. The summed E-state index contributed by atoms with van der Waals surface area (Å²) in [4.78, 5) is 142. The Morgan fingerprint density at radius 2 is 1.02 bits per heavy atom. The van der Waals surface area contributed by atoms with E-state index in [0.29, 0.717) is 120 Å². The van der Waals surface area contributed by atoms with E-state index < -0.39 is 47.4 Å². The molecule has 0 radical (unpaired) electrons. The molecule has 3 aliphatic rings. The van der Waals surface area contributed by atoms with Gasteiger partial charge in [-0.15, -0.1) is 10.2 Å². The highest BCUT2D eigenvalue weighted by molar-refractivity contribution is 6.30. The van der Waals surface area contributed by atoms with Crippen LogP contribution in [0.5, 0.6) is 5.75 Å². The molecule has 11 rings (SSSR count). The minimum absolute atomic E-state index is 0.00125. The maximum absolute atomic E-state index is 14.1. The van der Waals surface area contributed by atoms with Crippen LogP contribution in [0.3, 0.4) is 0 Å². The molecule has 119 heavy (non-hydrogen) atoms. The van der Waals surface area contributed by atoms with E-state index in [4.69, 9.17) is 49.8 Å². The molecule has 0 bridgehead atoms. The van der Waals surface area contributed by atoms with Gasteiger partial charge in [-0.3, -0.25) is 57.6 Å². The van der Waals surface area contributed by atoms with Crippen LogP contribution in [0, 0.1) is 6.92 Å². The predicted octanol–water partition coefficient (Wildman–Crippen LogP) is 3.06. The molecule has 40 heteroatoms. The molecule has 2 saturated heterocycles. The number of halogens is 1. The monoisotopic (exact) mass is 1670 g/mol. The summed E-state index contributed by atoms with van der Waals surface area (Å²) < 4.78 is 49.0. The van der Waals surface area contributed by atoms with E-state index in [1.807, 2.05) is 58.9 Å². The number of aliphatic imine (C=N–C) groups is 1. The molecule has 39 nitrogen and oxygen atoms in total. The van der Waals surface area contributed by atoms with Crippen LogP contribution in [0.4, 0.5) is 23.0 Å². The van der Waals surface area contributed by atoms with Crippen LogP contribution >= 0.6 is 11.6 Å². The van der Waals surface area contributed by atoms with Crippen LogP contribution in [-0.2, 0) is 82.8 Å². The first-order valence-electron chi connectivity index (χ1n) is 39.4. The number of imidazole rings is 3. The number of piperazine rings is 1. The number of piperidine rings is 1. The number of nitrogens with one attached hydrogen (secondary N) is 8. The van der Waals surface area contributed by atoms with Crippen molar-refractivity contribution in [1.29, 1.82) is 0 Å². The number of amides is 9. The van der Waals surface area contributed by atoms with Gasteiger partial charge in [-0.2, -0.15) is 0 Å². The van der Waals surface area contributed by atoms with Crippen LogP contribution < -0.4 is 47.3 Å². The van der Waals surface area contributed by atoms with Gasteiger partial charge in [0.1, 0.15) is 29.0 Å². The number of aryl methyl sites for hydroxylation is 6. The topological polar surface area (TPSA) is 431 Å². The number of rotatable bonds is 44. The number of carbonyl (C=O) groups is 9. The van der Waals surface area contributed by atoms with Gasteiger partial charge in [-0.1, -0.05) is 23.7 Å². The third-order valence-electron chi connectivity index (χ3n) is 20.0. The van der Waals surface area contributed by atoms with E-state index in [9.17, 15) is 43.2 Å². The Morgan fingerprint density at radius 1 is 0.504 bits per heavy atom. The van der Waals surface area contributed by atoms with E-state index in [1.54, 1.807) is 59.3 Å². The van der Waals surface area contributed by atoms with Gasteiger partial charge in [0.15, 0.2) is 23.3 Å². The molecule has 2 fully saturated rings. The summed E-state index contributed by atoms with van der Waals surface area (Å²) in [6.07, 6.45) is 11.2. The van der Waals surface area contributed by atoms with E-state index >= 15 is 0 Å². The maximum Gasteiger partial charge on any atom is 0.291 e. The van der Waals surface area contributed by atoms with E-state index in [-0.39, 0.29) is 116 Å². The van der Waals surface area contributed by atoms with E-state index in [1.165, 1.54) is 55.2 Å². The Bertz CT molecular complexity index is 4840. The minimum atomic E-state index is -0.638. The summed E-state index contributed by atoms with van der Waals surface area (Å²) in [5.41, 5.74) is 4.41. The zero-order valence-corrected chi connectivity index (χ0v) is 68.7. The molecule has 3 aliphatic heterocycles. The van der Waals surface area contributed by atoms with E-state index in [2.05, 4.69) is 77.5 Å². The lowest BCUT2D eigenvalue weighted by Gasteiger charge is -2.43. The Labute approximate surface area is 692 Å². The van der Waals surface area contributed by atoms with Gasteiger partial charge in [-0.25, -0.2) is 15.0 Å². The lowest BCUT2D eigenvalue weighted by atomic mass is 10.00. The Kier molecular flexibility index (Phi) is 32.5. The van der Waals surface area contributed by atoms with Gasteiger partial charge < -0.3 is 108 Å². The van der Waals surface area contributed by atoms with Crippen molar-refractivity contribution >= 4 is 93.5 Å². The summed E-state index contributed by atoms with van der Waals surface area (Å²) in [5, 5.41) is 31.0. The number of fused-ring (bicyclic) bond motifs is 3. The molecule has 6 aromatic heterocycles. The number of methoxy groups -OCH3 is 1. The van der Waals surface area contributed by atoms with Crippen molar-refractivity contribution in [2.75, 3.05) is 180 Å². The highest BCUT2D eigenvalue weighted by Crippen LogP contribution is 2.35. The summed E-state index contributed by atoms with van der Waals surface area (Å²) in [6, 6.07) is 16.3. The Hall–Kier alpha value is -11.6. The predicted molar refractivity (Wildman–Crippen MR) is 437 cm³/mol. The molecule has 1 atom stereocenters. The molecule has 638 valence electrons. The first-order valence-corrected chi connectivity index (χ1v) is 39.8. The van der Waals surface area contributed by atoms with Crippen molar-refractivity contribution in [2.45, 2.75) is 57.5 Å². The molecular weight excluding hydrogens is 1560 g/mol. The lowest BCUT2D eigenvalue weighted by Crippen LogP contribution is -2.54. The average Bonchev–Trinajstić information content (AvgIpc) is 1.61. The summed E-state index contributed by atoms with van der Waals surface area (Å²) in [7, 11) is 9.69. The second-order valence-corrected chi connectivity index (χ2v) is 28.9. The maximum atomic E-state index is 14.1. The van der Waals surface area contributed by atoms with Crippen LogP contribution in [0.15, 0.2) is 96.8 Å². The number of benzene rings is 2. The summed E-state index contributed by atoms with van der Waals surface area (Å²) in [6.45, 7) is 13.0. The molecule has 0 unspecified atom stereocenters. The Balaban J connectivity index is 0.448. The number of ether oxygens (including phenoxy) is 7. The highest BCUT2D eigenvalue weighted by atomic mass is 35.5. The molecule has 8 aromatic rings. The minimum Gasteiger partial charge on any atom is -0.497 e. The van der Waals surface area contributed by atoms with Gasteiger partial charge in [0.2, 0.25) is 35.3 Å². The van der Waals surface area contributed by atoms with Gasteiger partial charge >= 0.3 is 0 Å². The number of likely N-dealkylation sites (tertiary alicyclic amines) is 1. The number of hydrogen-bond donors (Lipinski definition) is 8. The zero-order chi connectivity index (χ0) is 84.3. The van der Waals surface area contributed by atoms with E-state index in [0.717, 1.165) is 68.1 Å². The largest absolute Gasteiger partial charge is 0.497 e. The SMILES string of the molecule is COc1ccc2c(c1)C(c1ccc(Cl)cc1)=N[C@@H](CC(=O)N1CCN(C3CCN(CCOCCOCCOCCOCCOCCOCCNC(=O)CCNC(=O)c4nc(NC(=O)CCNC(=O)c5cc(NC(=O)c6nc(NC(=O)CCNC(=O)c7cc(NC(=O)c8nccn8C)cn7C)cn6C)cn5C)cn4C)CC3)CC1)c1nnc(C)n1-2. The fraction of sp³-hybridized carbons (Fsp3) is 0.481. The molecule has 0 saturated carbocycles. The first-order chi connectivity index (χ1) is 57.5. The molecular formula is C79H104ClN23O16. The van der Waals surface area contributed by atoms with Crippen molar-refractivity contribution in [3.8, 4) is 11.4 Å². The molecule has 9 heterocycles. The quantitative estimate of drug-likeness (QED) is 0.0254. The molecule has 0 spiro atoms. The third-order valence-corrected chi connectivity index (χ3v) is 20.2. The van der Waals surface area contributed by atoms with Crippen molar-refractivity contribution in [2.24, 2.45) is 40.2 Å². The normalized spacial score (nSPS) is 14.3. The summed E-state index contributed by atoms with van der Waals surface area (Å²) in [5.74, 6) is -1.54. The fourth-order valence-corrected chi connectivity index (χ4v) is 13.9. The van der Waals surface area contributed by atoms with Crippen LogP contribution in [0.2, 0.25) is 5.02 Å². The van der Waals surface area contributed by atoms with Gasteiger partial charge in [0.05, 0.1) is 116 Å². The van der Waals surface area contributed by atoms with Gasteiger partial charge in [0, 0.05) is 173 Å². The van der Waals surface area contributed by atoms with Crippen LogP contribution in [0.25, 0.3) is 5.69 Å². The standard InChI is InChI=1S/C79H104ClN23O16/c1-52-93-94-71-60(88-70(53-8-10-54(80)11-9-53)59-46-58(113-7)12-13-61(59)103(52)71)47-69(107)102-29-27-101(28-30-102)57-17-24-100(25-18-57)31-33-115-35-37-117-39-41-119-43-42-118-40-38-116-36-34-114-32-23-81-66(104)14-19-85-77(110)73-91-64(50-98(73)5)89-67(105)15-20-84-76(109)63-45-56(49-97(63)4)87-79(112)74-92-65(51-99(74)6)90-68(106)16-21-83-75(108)62-44-55(48-96(62)3)86-78(111)72-82-22-26-95(72)2/h8-13,22,26,44-46,48-51,57,60H,14-21,23-25,27-43,47H2,1-7H3,(H,81,104)(H,83,108)(H,84,109)(H,85,110)(H,86,111)(H,87,112)(H,89,105)(H,90,106)/t60-/m0/s1. The lowest BCUT2D eigenvalue weighted by molar-refractivity contribution is -0.134. The second kappa shape index (κ2) is 43.8. The Morgan fingerprint density at radius 3 is 1.55 bits per heavy atom.